The fourth-order valence-electron chi connectivity index (χ4n) is 1.99. The van der Waals surface area contributed by atoms with Gasteiger partial charge in [0, 0.05) is 18.5 Å². The van der Waals surface area contributed by atoms with Crippen LogP contribution in [0.2, 0.25) is 0 Å². The van der Waals surface area contributed by atoms with Crippen LogP contribution in [0.15, 0.2) is 0 Å². The predicted molar refractivity (Wildman–Crippen MR) is 50.5 cm³/mol. The number of hydrogen-bond donors (Lipinski definition) is 1. The Morgan fingerprint density at radius 1 is 1.62 bits per heavy atom. The molecule has 13 heavy (non-hydrogen) atoms. The second kappa shape index (κ2) is 3.10. The van der Waals surface area contributed by atoms with Crippen molar-refractivity contribution in [3.63, 3.8) is 0 Å². The molecule has 0 bridgehead atoms. The molecule has 0 radical (unpaired) electrons. The van der Waals surface area contributed by atoms with Crippen LogP contribution in [0.4, 0.5) is 0 Å². The minimum absolute atomic E-state index is 0.392. The summed E-state index contributed by atoms with van der Waals surface area (Å²) in [6.45, 7) is 4.97. The molecule has 1 heterocycles. The van der Waals surface area contributed by atoms with Gasteiger partial charge in [-0.05, 0) is 26.7 Å². The minimum atomic E-state index is 0.392. The van der Waals surface area contributed by atoms with Crippen molar-refractivity contribution in [2.45, 2.75) is 38.6 Å². The Bertz CT molecular complexity index is 303. The van der Waals surface area contributed by atoms with Gasteiger partial charge in [0.2, 0.25) is 0 Å². The van der Waals surface area contributed by atoms with Gasteiger partial charge >= 0.3 is 0 Å². The third kappa shape index (κ3) is 1.25. The van der Waals surface area contributed by atoms with Crippen LogP contribution in [0.3, 0.4) is 0 Å². The van der Waals surface area contributed by atoms with E-state index in [4.69, 9.17) is 5.73 Å². The van der Waals surface area contributed by atoms with E-state index in [1.54, 1.807) is 0 Å². The molecule has 1 aromatic heterocycles. The first-order valence-corrected chi connectivity index (χ1v) is 4.88. The van der Waals surface area contributed by atoms with Gasteiger partial charge in [-0.3, -0.25) is 0 Å². The standard InChI is InChI=1S/C9H16N4/c1-6(2)13-9-7(5-10)3-4-8(9)11-12-13/h6-7H,3-5,10H2,1-2H3. The van der Waals surface area contributed by atoms with Crippen LogP contribution < -0.4 is 5.73 Å². The lowest BCUT2D eigenvalue weighted by Crippen LogP contribution is -2.16. The van der Waals surface area contributed by atoms with Gasteiger partial charge in [-0.15, -0.1) is 5.10 Å². The van der Waals surface area contributed by atoms with Gasteiger partial charge in [0.1, 0.15) is 0 Å². The number of hydrogen-bond acceptors (Lipinski definition) is 3. The number of aryl methyl sites for hydroxylation is 1. The average molecular weight is 180 g/mol. The molecule has 1 aliphatic carbocycles. The minimum Gasteiger partial charge on any atom is -0.330 e. The molecular formula is C9H16N4. The summed E-state index contributed by atoms with van der Waals surface area (Å²) in [5.41, 5.74) is 8.14. The van der Waals surface area contributed by atoms with E-state index < -0.39 is 0 Å². The summed E-state index contributed by atoms with van der Waals surface area (Å²) in [6.07, 6.45) is 2.19. The first kappa shape index (κ1) is 8.69. The zero-order valence-electron chi connectivity index (χ0n) is 8.20. The average Bonchev–Trinajstić information content (AvgIpc) is 2.61. The molecule has 1 aromatic rings. The molecule has 0 aliphatic heterocycles. The Labute approximate surface area is 78.1 Å². The second-order valence-electron chi connectivity index (χ2n) is 3.93. The summed E-state index contributed by atoms with van der Waals surface area (Å²) < 4.78 is 2.01. The predicted octanol–water partition coefficient (Wildman–Crippen LogP) is 0.847. The molecule has 72 valence electrons. The molecule has 0 saturated carbocycles. The van der Waals surface area contributed by atoms with Crippen LogP contribution in [0, 0.1) is 0 Å². The molecule has 2 N–H and O–H groups in total. The van der Waals surface area contributed by atoms with Gasteiger partial charge in [-0.2, -0.15) is 0 Å². The van der Waals surface area contributed by atoms with E-state index in [1.807, 2.05) is 4.68 Å². The van der Waals surface area contributed by atoms with Gasteiger partial charge in [-0.25, -0.2) is 4.68 Å². The van der Waals surface area contributed by atoms with Gasteiger partial charge in [0.15, 0.2) is 0 Å². The Morgan fingerprint density at radius 3 is 3.00 bits per heavy atom. The van der Waals surface area contributed by atoms with Crippen LogP contribution in [0.1, 0.15) is 43.6 Å². The molecule has 0 saturated heterocycles. The Morgan fingerprint density at radius 2 is 2.38 bits per heavy atom. The molecule has 0 spiro atoms. The molecule has 1 atom stereocenters. The largest absolute Gasteiger partial charge is 0.330 e. The van der Waals surface area contributed by atoms with Gasteiger partial charge in [0.25, 0.3) is 0 Å². The van der Waals surface area contributed by atoms with Crippen LogP contribution in [0.25, 0.3) is 0 Å². The molecule has 4 nitrogen and oxygen atoms in total. The molecule has 0 amide bonds. The van der Waals surface area contributed by atoms with E-state index in [-0.39, 0.29) is 0 Å². The first-order chi connectivity index (χ1) is 6.24. The smallest absolute Gasteiger partial charge is 0.0862 e. The van der Waals surface area contributed by atoms with Crippen molar-refractivity contribution in [2.75, 3.05) is 6.54 Å². The van der Waals surface area contributed by atoms with Crippen molar-refractivity contribution in [3.8, 4) is 0 Å². The normalized spacial score (nSPS) is 21.1. The molecule has 0 fully saturated rings. The van der Waals surface area contributed by atoms with Crippen LogP contribution >= 0.6 is 0 Å². The van der Waals surface area contributed by atoms with Crippen LogP contribution in [-0.4, -0.2) is 21.5 Å². The van der Waals surface area contributed by atoms with E-state index in [2.05, 4.69) is 24.2 Å². The molecule has 1 aliphatic rings. The van der Waals surface area contributed by atoms with Crippen molar-refractivity contribution >= 4 is 0 Å². The van der Waals surface area contributed by atoms with Crippen LogP contribution in [0.5, 0.6) is 0 Å². The van der Waals surface area contributed by atoms with Crippen molar-refractivity contribution in [1.82, 2.24) is 15.0 Å². The molecule has 0 aromatic carbocycles. The summed E-state index contributed by atoms with van der Waals surface area (Å²) in [7, 11) is 0. The summed E-state index contributed by atoms with van der Waals surface area (Å²) in [4.78, 5) is 0. The number of rotatable bonds is 2. The number of nitrogens with two attached hydrogens (primary N) is 1. The summed E-state index contributed by atoms with van der Waals surface area (Å²) in [6, 6.07) is 0.392. The summed E-state index contributed by atoms with van der Waals surface area (Å²) in [5, 5.41) is 8.32. The summed E-state index contributed by atoms with van der Waals surface area (Å²) >= 11 is 0. The lowest BCUT2D eigenvalue weighted by Gasteiger charge is -2.13. The first-order valence-electron chi connectivity index (χ1n) is 4.88. The fourth-order valence-corrected chi connectivity index (χ4v) is 1.99. The third-order valence-corrected chi connectivity index (χ3v) is 2.69. The van der Waals surface area contributed by atoms with Crippen molar-refractivity contribution in [3.05, 3.63) is 11.4 Å². The van der Waals surface area contributed by atoms with Crippen LogP contribution in [-0.2, 0) is 6.42 Å². The molecular weight excluding hydrogens is 164 g/mol. The highest BCUT2D eigenvalue weighted by Gasteiger charge is 2.28. The Balaban J connectivity index is 2.40. The van der Waals surface area contributed by atoms with E-state index >= 15 is 0 Å². The van der Waals surface area contributed by atoms with E-state index in [0.29, 0.717) is 18.5 Å². The lowest BCUT2D eigenvalue weighted by molar-refractivity contribution is 0.471. The Kier molecular flexibility index (Phi) is 2.07. The van der Waals surface area contributed by atoms with E-state index in [9.17, 15) is 0 Å². The monoisotopic (exact) mass is 180 g/mol. The zero-order valence-corrected chi connectivity index (χ0v) is 8.20. The third-order valence-electron chi connectivity index (χ3n) is 2.69. The van der Waals surface area contributed by atoms with Gasteiger partial charge in [-0.1, -0.05) is 5.21 Å². The Hall–Kier alpha value is -0.900. The fraction of sp³-hybridized carbons (Fsp3) is 0.778. The summed E-state index contributed by atoms with van der Waals surface area (Å²) in [5.74, 6) is 0.479. The second-order valence-corrected chi connectivity index (χ2v) is 3.93. The SMILES string of the molecule is CC(C)n1nnc2c1C(CN)CC2. The van der Waals surface area contributed by atoms with Crippen molar-refractivity contribution in [2.24, 2.45) is 5.73 Å². The van der Waals surface area contributed by atoms with Crippen molar-refractivity contribution < 1.29 is 0 Å². The maximum Gasteiger partial charge on any atom is 0.0862 e. The topological polar surface area (TPSA) is 56.7 Å². The highest BCUT2D eigenvalue weighted by molar-refractivity contribution is 5.22. The van der Waals surface area contributed by atoms with Crippen molar-refractivity contribution in [1.29, 1.82) is 0 Å². The highest BCUT2D eigenvalue weighted by atomic mass is 15.4. The zero-order chi connectivity index (χ0) is 9.42. The van der Waals surface area contributed by atoms with Gasteiger partial charge < -0.3 is 5.73 Å². The number of nitrogens with zero attached hydrogens (tertiary/aromatic N) is 3. The highest BCUT2D eigenvalue weighted by Crippen LogP contribution is 2.31. The molecule has 1 unspecified atom stereocenters. The van der Waals surface area contributed by atoms with E-state index in [0.717, 1.165) is 18.5 Å². The number of aromatic nitrogens is 3. The van der Waals surface area contributed by atoms with E-state index in [1.165, 1.54) is 5.69 Å². The quantitative estimate of drug-likeness (QED) is 0.734. The lowest BCUT2D eigenvalue weighted by atomic mass is 10.1. The number of fused-ring (bicyclic) bond motifs is 1. The molecule has 4 heteroatoms. The maximum atomic E-state index is 5.71. The maximum absolute atomic E-state index is 5.71. The van der Waals surface area contributed by atoms with Gasteiger partial charge in [0.05, 0.1) is 11.4 Å². The molecule has 2 rings (SSSR count).